The molecule has 1 N–H and O–H groups in total. The molecule has 1 fully saturated rings. The predicted octanol–water partition coefficient (Wildman–Crippen LogP) is 3.36. The van der Waals surface area contributed by atoms with Crippen molar-refractivity contribution in [3.63, 3.8) is 0 Å². The van der Waals surface area contributed by atoms with E-state index in [1.54, 1.807) is 0 Å². The van der Waals surface area contributed by atoms with Gasteiger partial charge in [-0.15, -0.1) is 11.3 Å². The molecule has 2 rings (SSSR count). The molecule has 2 unspecified atom stereocenters. The minimum Gasteiger partial charge on any atom is -0.312 e. The summed E-state index contributed by atoms with van der Waals surface area (Å²) in [6.45, 7) is 7.98. The van der Waals surface area contributed by atoms with Crippen molar-refractivity contribution in [1.82, 2.24) is 15.2 Å². The Morgan fingerprint density at radius 2 is 2.17 bits per heavy atom. The molecular formula is C14H25N3S. The SMILES string of the molecule is CNC(C)c1csc(C2CCCCN2C(C)C)n1. The fourth-order valence-electron chi connectivity index (χ4n) is 2.64. The predicted molar refractivity (Wildman–Crippen MR) is 78.0 cm³/mol. The molecule has 2 heterocycles. The minimum atomic E-state index is 0.353. The van der Waals surface area contributed by atoms with Gasteiger partial charge >= 0.3 is 0 Å². The fraction of sp³-hybridized carbons (Fsp3) is 0.786. The lowest BCUT2D eigenvalue weighted by Gasteiger charge is -2.37. The summed E-state index contributed by atoms with van der Waals surface area (Å²) < 4.78 is 0. The van der Waals surface area contributed by atoms with Gasteiger partial charge in [0.15, 0.2) is 0 Å². The Hall–Kier alpha value is -0.450. The van der Waals surface area contributed by atoms with Crippen LogP contribution in [0.1, 0.15) is 62.8 Å². The van der Waals surface area contributed by atoms with Gasteiger partial charge in [-0.25, -0.2) is 4.98 Å². The van der Waals surface area contributed by atoms with Crippen molar-refractivity contribution >= 4 is 11.3 Å². The van der Waals surface area contributed by atoms with Crippen LogP contribution in [0, 0.1) is 0 Å². The second-order valence-electron chi connectivity index (χ2n) is 5.46. The first-order valence-corrected chi connectivity index (χ1v) is 7.89. The molecule has 0 aromatic carbocycles. The number of aromatic nitrogens is 1. The molecule has 0 bridgehead atoms. The molecule has 18 heavy (non-hydrogen) atoms. The van der Waals surface area contributed by atoms with Crippen LogP contribution in [0.15, 0.2) is 5.38 Å². The van der Waals surface area contributed by atoms with Gasteiger partial charge in [-0.2, -0.15) is 0 Å². The summed E-state index contributed by atoms with van der Waals surface area (Å²) in [4.78, 5) is 7.46. The molecule has 1 saturated heterocycles. The molecule has 0 aliphatic carbocycles. The smallest absolute Gasteiger partial charge is 0.110 e. The van der Waals surface area contributed by atoms with Crippen molar-refractivity contribution in [3.8, 4) is 0 Å². The van der Waals surface area contributed by atoms with Crippen LogP contribution in [0.3, 0.4) is 0 Å². The summed E-state index contributed by atoms with van der Waals surface area (Å²) in [6, 6.07) is 1.51. The zero-order valence-electron chi connectivity index (χ0n) is 11.9. The Labute approximate surface area is 115 Å². The number of likely N-dealkylation sites (tertiary alicyclic amines) is 1. The molecule has 2 atom stereocenters. The molecule has 4 heteroatoms. The van der Waals surface area contributed by atoms with E-state index in [-0.39, 0.29) is 0 Å². The van der Waals surface area contributed by atoms with Crippen molar-refractivity contribution in [2.75, 3.05) is 13.6 Å². The van der Waals surface area contributed by atoms with E-state index in [0.29, 0.717) is 18.1 Å². The lowest BCUT2D eigenvalue weighted by Crippen LogP contribution is -2.38. The van der Waals surface area contributed by atoms with Crippen molar-refractivity contribution in [1.29, 1.82) is 0 Å². The van der Waals surface area contributed by atoms with E-state index in [4.69, 9.17) is 4.98 Å². The maximum Gasteiger partial charge on any atom is 0.110 e. The van der Waals surface area contributed by atoms with Gasteiger partial charge in [0.25, 0.3) is 0 Å². The number of rotatable bonds is 4. The number of piperidine rings is 1. The lowest BCUT2D eigenvalue weighted by molar-refractivity contribution is 0.111. The average Bonchev–Trinajstić information content (AvgIpc) is 2.87. The Bertz CT molecular complexity index is 375. The summed E-state index contributed by atoms with van der Waals surface area (Å²) in [5.74, 6) is 0. The third-order valence-electron chi connectivity index (χ3n) is 3.91. The number of nitrogens with one attached hydrogen (secondary N) is 1. The van der Waals surface area contributed by atoms with Crippen molar-refractivity contribution in [3.05, 3.63) is 16.1 Å². The summed E-state index contributed by atoms with van der Waals surface area (Å²) in [6.07, 6.45) is 3.93. The Morgan fingerprint density at radius 1 is 1.39 bits per heavy atom. The quantitative estimate of drug-likeness (QED) is 0.906. The van der Waals surface area contributed by atoms with Crippen LogP contribution in [0.5, 0.6) is 0 Å². The van der Waals surface area contributed by atoms with Crippen molar-refractivity contribution < 1.29 is 0 Å². The van der Waals surface area contributed by atoms with Crippen molar-refractivity contribution in [2.45, 2.75) is 58.2 Å². The number of thiazole rings is 1. The molecule has 0 spiro atoms. The molecule has 1 aliphatic rings. The van der Waals surface area contributed by atoms with E-state index in [1.165, 1.54) is 36.5 Å². The topological polar surface area (TPSA) is 28.2 Å². The van der Waals surface area contributed by atoms with Gasteiger partial charge in [0.05, 0.1) is 11.7 Å². The maximum absolute atomic E-state index is 4.85. The average molecular weight is 267 g/mol. The highest BCUT2D eigenvalue weighted by Crippen LogP contribution is 2.34. The molecule has 102 valence electrons. The zero-order valence-corrected chi connectivity index (χ0v) is 12.8. The normalized spacial score (nSPS) is 23.5. The first-order chi connectivity index (χ1) is 8.63. The van der Waals surface area contributed by atoms with E-state index in [2.05, 4.69) is 36.4 Å². The van der Waals surface area contributed by atoms with Gasteiger partial charge in [0.1, 0.15) is 5.01 Å². The van der Waals surface area contributed by atoms with Crippen LogP contribution in [-0.2, 0) is 0 Å². The van der Waals surface area contributed by atoms with Crippen LogP contribution >= 0.6 is 11.3 Å². The second kappa shape index (κ2) is 6.13. The Morgan fingerprint density at radius 3 is 2.83 bits per heavy atom. The standard InChI is InChI=1S/C14H25N3S/c1-10(2)17-8-6-5-7-13(17)14-16-12(9-18-14)11(3)15-4/h9-11,13,15H,5-8H2,1-4H3. The van der Waals surface area contributed by atoms with E-state index in [9.17, 15) is 0 Å². The summed E-state index contributed by atoms with van der Waals surface area (Å²) in [5.41, 5.74) is 1.19. The minimum absolute atomic E-state index is 0.353. The van der Waals surface area contributed by atoms with Gasteiger partial charge in [0.2, 0.25) is 0 Å². The molecule has 1 aromatic rings. The number of hydrogen-bond acceptors (Lipinski definition) is 4. The maximum atomic E-state index is 4.85. The van der Waals surface area contributed by atoms with Crippen molar-refractivity contribution in [2.24, 2.45) is 0 Å². The molecule has 0 amide bonds. The fourth-order valence-corrected chi connectivity index (χ4v) is 3.70. The van der Waals surface area contributed by atoms with Crippen LogP contribution < -0.4 is 5.32 Å². The zero-order chi connectivity index (χ0) is 13.1. The third-order valence-corrected chi connectivity index (χ3v) is 4.87. The first-order valence-electron chi connectivity index (χ1n) is 7.01. The van der Waals surface area contributed by atoms with E-state index in [0.717, 1.165) is 0 Å². The molecule has 1 aromatic heterocycles. The van der Waals surface area contributed by atoms with E-state index < -0.39 is 0 Å². The van der Waals surface area contributed by atoms with Gasteiger partial charge < -0.3 is 5.32 Å². The van der Waals surface area contributed by atoms with Gasteiger partial charge in [0, 0.05) is 17.5 Å². The van der Waals surface area contributed by atoms with Crippen LogP contribution in [0.4, 0.5) is 0 Å². The van der Waals surface area contributed by atoms with Crippen LogP contribution in [-0.4, -0.2) is 29.5 Å². The third kappa shape index (κ3) is 2.92. The number of hydrogen-bond donors (Lipinski definition) is 1. The summed E-state index contributed by atoms with van der Waals surface area (Å²) >= 11 is 1.83. The van der Waals surface area contributed by atoms with Gasteiger partial charge in [-0.05, 0) is 47.2 Å². The Kier molecular flexibility index (Phi) is 4.76. The highest BCUT2D eigenvalue weighted by molar-refractivity contribution is 7.09. The molecule has 1 aliphatic heterocycles. The van der Waals surface area contributed by atoms with Gasteiger partial charge in [-0.3, -0.25) is 4.90 Å². The molecule has 3 nitrogen and oxygen atoms in total. The number of nitrogens with zero attached hydrogens (tertiary/aromatic N) is 2. The van der Waals surface area contributed by atoms with E-state index in [1.807, 2.05) is 18.4 Å². The molecular weight excluding hydrogens is 242 g/mol. The lowest BCUT2D eigenvalue weighted by atomic mass is 10.0. The largest absolute Gasteiger partial charge is 0.312 e. The molecule has 0 radical (unpaired) electrons. The van der Waals surface area contributed by atoms with Crippen LogP contribution in [0.25, 0.3) is 0 Å². The highest BCUT2D eigenvalue weighted by atomic mass is 32.1. The second-order valence-corrected chi connectivity index (χ2v) is 6.35. The van der Waals surface area contributed by atoms with E-state index >= 15 is 0 Å². The summed E-state index contributed by atoms with van der Waals surface area (Å²) in [7, 11) is 1.99. The van der Waals surface area contributed by atoms with Crippen LogP contribution in [0.2, 0.25) is 0 Å². The molecule has 0 saturated carbocycles. The first kappa shape index (κ1) is 14.0. The van der Waals surface area contributed by atoms with Gasteiger partial charge in [-0.1, -0.05) is 6.42 Å². The highest BCUT2D eigenvalue weighted by Gasteiger charge is 2.28. The Balaban J connectivity index is 2.15. The monoisotopic (exact) mass is 267 g/mol. The summed E-state index contributed by atoms with van der Waals surface area (Å²) in [5, 5.41) is 6.78.